The van der Waals surface area contributed by atoms with Crippen LogP contribution in [0, 0.1) is 0 Å². The van der Waals surface area contributed by atoms with Gasteiger partial charge >= 0.3 is 0 Å². The first-order valence-electron chi connectivity index (χ1n) is 7.96. The van der Waals surface area contributed by atoms with Gasteiger partial charge in [0.25, 0.3) is 5.91 Å². The third kappa shape index (κ3) is 5.05. The van der Waals surface area contributed by atoms with Crippen LogP contribution in [0.1, 0.15) is 18.5 Å². The molecule has 1 unspecified atom stereocenters. The van der Waals surface area contributed by atoms with Crippen molar-refractivity contribution in [2.45, 2.75) is 13.0 Å². The molecule has 26 heavy (non-hydrogen) atoms. The highest BCUT2D eigenvalue weighted by Gasteiger charge is 2.17. The molecule has 2 aromatic carbocycles. The molecule has 2 aromatic rings. The van der Waals surface area contributed by atoms with Gasteiger partial charge in [0.1, 0.15) is 5.75 Å². The van der Waals surface area contributed by atoms with Gasteiger partial charge in [0.05, 0.1) is 27.4 Å². The molecule has 1 amide bonds. The van der Waals surface area contributed by atoms with Gasteiger partial charge in [-0.1, -0.05) is 15.9 Å². The summed E-state index contributed by atoms with van der Waals surface area (Å²) in [4.78, 5) is 12.2. The molecule has 0 aliphatic heterocycles. The Morgan fingerprint density at radius 2 is 1.62 bits per heavy atom. The van der Waals surface area contributed by atoms with E-state index in [1.54, 1.807) is 33.5 Å². The molecule has 7 heteroatoms. The fourth-order valence-corrected chi connectivity index (χ4v) is 2.66. The molecule has 0 spiro atoms. The monoisotopic (exact) mass is 423 g/mol. The lowest BCUT2D eigenvalue weighted by Crippen LogP contribution is -2.31. The van der Waals surface area contributed by atoms with Crippen molar-refractivity contribution < 1.29 is 23.7 Å². The van der Waals surface area contributed by atoms with Gasteiger partial charge in [0.15, 0.2) is 18.1 Å². The van der Waals surface area contributed by atoms with Crippen LogP contribution in [0.15, 0.2) is 40.9 Å². The third-order valence-electron chi connectivity index (χ3n) is 3.75. The minimum absolute atomic E-state index is 0.0730. The van der Waals surface area contributed by atoms with Crippen LogP contribution in [0.5, 0.6) is 23.0 Å². The van der Waals surface area contributed by atoms with Gasteiger partial charge in [-0.25, -0.2) is 0 Å². The Morgan fingerprint density at radius 3 is 2.12 bits per heavy atom. The lowest BCUT2D eigenvalue weighted by molar-refractivity contribution is -0.123. The lowest BCUT2D eigenvalue weighted by Gasteiger charge is -2.19. The standard InChI is InChI=1S/C19H22BrNO5/c1-12(13-9-16(23-2)19(25-4)17(10-13)24-3)21-18(22)11-26-15-7-5-14(20)6-8-15/h5-10,12H,11H2,1-4H3,(H,21,22). The SMILES string of the molecule is COc1cc(C(C)NC(=O)COc2ccc(Br)cc2)cc(OC)c1OC. The van der Waals surface area contributed by atoms with E-state index in [4.69, 9.17) is 18.9 Å². The van der Waals surface area contributed by atoms with E-state index < -0.39 is 0 Å². The van der Waals surface area contributed by atoms with Crippen LogP contribution in [0.25, 0.3) is 0 Å². The number of carbonyl (C=O) groups is 1. The van der Waals surface area contributed by atoms with Gasteiger partial charge in [0.2, 0.25) is 5.75 Å². The van der Waals surface area contributed by atoms with Gasteiger partial charge in [0, 0.05) is 4.47 Å². The number of ether oxygens (including phenoxy) is 4. The molecule has 0 aromatic heterocycles. The number of benzene rings is 2. The van der Waals surface area contributed by atoms with Crippen LogP contribution in [-0.2, 0) is 4.79 Å². The number of rotatable bonds is 8. The van der Waals surface area contributed by atoms with Crippen molar-refractivity contribution in [1.82, 2.24) is 5.32 Å². The largest absolute Gasteiger partial charge is 0.493 e. The molecule has 140 valence electrons. The van der Waals surface area contributed by atoms with Gasteiger partial charge in [-0.3, -0.25) is 4.79 Å². The second-order valence-electron chi connectivity index (χ2n) is 5.49. The molecule has 1 N–H and O–H groups in total. The fourth-order valence-electron chi connectivity index (χ4n) is 2.40. The van der Waals surface area contributed by atoms with Crippen LogP contribution >= 0.6 is 15.9 Å². The van der Waals surface area contributed by atoms with Crippen molar-refractivity contribution in [3.63, 3.8) is 0 Å². The molecule has 0 heterocycles. The van der Waals surface area contributed by atoms with E-state index in [9.17, 15) is 4.79 Å². The maximum Gasteiger partial charge on any atom is 0.258 e. The highest BCUT2D eigenvalue weighted by Crippen LogP contribution is 2.39. The van der Waals surface area contributed by atoms with Crippen LogP contribution in [0.4, 0.5) is 0 Å². The van der Waals surface area contributed by atoms with Gasteiger partial charge < -0.3 is 24.3 Å². The Kier molecular flexibility index (Phi) is 7.15. The Bertz CT molecular complexity index is 723. The van der Waals surface area contributed by atoms with Crippen LogP contribution in [0.3, 0.4) is 0 Å². The van der Waals surface area contributed by atoms with E-state index in [0.717, 1.165) is 10.0 Å². The predicted octanol–water partition coefficient (Wildman–Crippen LogP) is 3.73. The molecule has 0 aliphatic rings. The average Bonchev–Trinajstić information content (AvgIpc) is 2.66. The number of carbonyl (C=O) groups excluding carboxylic acids is 1. The number of halogens is 1. The summed E-state index contributed by atoms with van der Waals surface area (Å²) >= 11 is 3.35. The van der Waals surface area contributed by atoms with Gasteiger partial charge in [-0.05, 0) is 48.9 Å². The summed E-state index contributed by atoms with van der Waals surface area (Å²) in [5, 5.41) is 2.89. The summed E-state index contributed by atoms with van der Waals surface area (Å²) in [6, 6.07) is 10.6. The first-order chi connectivity index (χ1) is 12.5. The number of hydrogen-bond donors (Lipinski definition) is 1. The summed E-state index contributed by atoms with van der Waals surface area (Å²) in [5.74, 6) is 1.98. The molecule has 6 nitrogen and oxygen atoms in total. The summed E-state index contributed by atoms with van der Waals surface area (Å²) in [6.07, 6.45) is 0. The summed E-state index contributed by atoms with van der Waals surface area (Å²) in [6.45, 7) is 1.80. The van der Waals surface area contributed by atoms with Crippen molar-refractivity contribution in [2.24, 2.45) is 0 Å². The number of nitrogens with one attached hydrogen (secondary N) is 1. The molecule has 0 aliphatic carbocycles. The Labute approximate surface area is 161 Å². The van der Waals surface area contributed by atoms with Crippen molar-refractivity contribution in [3.8, 4) is 23.0 Å². The molecule has 0 radical (unpaired) electrons. The molecule has 0 saturated carbocycles. The van der Waals surface area contributed by atoms with E-state index in [2.05, 4.69) is 21.2 Å². The predicted molar refractivity (Wildman–Crippen MR) is 102 cm³/mol. The van der Waals surface area contributed by atoms with Crippen molar-refractivity contribution in [3.05, 3.63) is 46.4 Å². The molecule has 2 rings (SSSR count). The van der Waals surface area contributed by atoms with Crippen molar-refractivity contribution in [1.29, 1.82) is 0 Å². The second kappa shape index (κ2) is 9.33. The zero-order valence-corrected chi connectivity index (χ0v) is 16.8. The quantitative estimate of drug-likeness (QED) is 0.700. The Morgan fingerprint density at radius 1 is 1.04 bits per heavy atom. The minimum atomic E-state index is -0.260. The van der Waals surface area contributed by atoms with E-state index >= 15 is 0 Å². The molecule has 0 fully saturated rings. The van der Waals surface area contributed by atoms with Crippen molar-refractivity contribution >= 4 is 21.8 Å². The van der Waals surface area contributed by atoms with Crippen LogP contribution in [-0.4, -0.2) is 33.8 Å². The Balaban J connectivity index is 2.03. The first-order valence-corrected chi connectivity index (χ1v) is 8.75. The lowest BCUT2D eigenvalue weighted by atomic mass is 10.1. The summed E-state index contributed by atoms with van der Waals surface area (Å²) < 4.78 is 22.4. The topological polar surface area (TPSA) is 66.0 Å². The average molecular weight is 424 g/mol. The maximum absolute atomic E-state index is 12.2. The Hall–Kier alpha value is -2.41. The molecule has 0 bridgehead atoms. The number of methoxy groups -OCH3 is 3. The highest BCUT2D eigenvalue weighted by molar-refractivity contribution is 9.10. The summed E-state index contributed by atoms with van der Waals surface area (Å²) in [7, 11) is 4.65. The zero-order chi connectivity index (χ0) is 19.1. The summed E-state index contributed by atoms with van der Waals surface area (Å²) in [5.41, 5.74) is 0.830. The highest BCUT2D eigenvalue weighted by atomic mass is 79.9. The molecule has 0 saturated heterocycles. The van der Waals surface area contributed by atoms with Gasteiger partial charge in [-0.15, -0.1) is 0 Å². The third-order valence-corrected chi connectivity index (χ3v) is 4.28. The van der Waals surface area contributed by atoms with E-state index in [0.29, 0.717) is 23.0 Å². The minimum Gasteiger partial charge on any atom is -0.493 e. The second-order valence-corrected chi connectivity index (χ2v) is 6.41. The number of hydrogen-bond acceptors (Lipinski definition) is 5. The van der Waals surface area contributed by atoms with E-state index in [-0.39, 0.29) is 18.6 Å². The van der Waals surface area contributed by atoms with E-state index in [1.165, 1.54) is 0 Å². The normalized spacial score (nSPS) is 11.4. The van der Waals surface area contributed by atoms with E-state index in [1.807, 2.05) is 31.2 Å². The fraction of sp³-hybridized carbons (Fsp3) is 0.316. The zero-order valence-electron chi connectivity index (χ0n) is 15.2. The van der Waals surface area contributed by atoms with Gasteiger partial charge in [-0.2, -0.15) is 0 Å². The van der Waals surface area contributed by atoms with Crippen LogP contribution in [0.2, 0.25) is 0 Å². The maximum atomic E-state index is 12.2. The smallest absolute Gasteiger partial charge is 0.258 e. The molecule has 1 atom stereocenters. The first kappa shape index (κ1) is 19.9. The van der Waals surface area contributed by atoms with Crippen molar-refractivity contribution in [2.75, 3.05) is 27.9 Å². The molecular weight excluding hydrogens is 402 g/mol. The van der Waals surface area contributed by atoms with Crippen LogP contribution < -0.4 is 24.3 Å². The number of amides is 1. The molecular formula is C19H22BrNO5.